The molecule has 0 aliphatic rings. The van der Waals surface area contributed by atoms with Crippen LogP contribution in [0.5, 0.6) is 0 Å². The second-order valence-corrected chi connectivity index (χ2v) is 5.90. The van der Waals surface area contributed by atoms with E-state index in [1.807, 2.05) is 19.1 Å². The Morgan fingerprint density at radius 3 is 2.22 bits per heavy atom. The number of likely N-dealkylation sites (N-methyl/N-ethyl adjacent to an activating group) is 1. The van der Waals surface area contributed by atoms with Gasteiger partial charge in [0.15, 0.2) is 6.61 Å². The third kappa shape index (κ3) is 6.18. The van der Waals surface area contributed by atoms with Gasteiger partial charge in [0.1, 0.15) is 11.6 Å². The Bertz CT molecular complexity index is 833. The molecule has 1 N–H and O–H groups in total. The Morgan fingerprint density at radius 1 is 1.04 bits per heavy atom. The Balaban J connectivity index is 1.83. The van der Waals surface area contributed by atoms with Crippen molar-refractivity contribution in [1.29, 1.82) is 0 Å². The van der Waals surface area contributed by atoms with Crippen LogP contribution in [0.15, 0.2) is 42.5 Å². The summed E-state index contributed by atoms with van der Waals surface area (Å²) in [6.07, 6.45) is 0. The highest BCUT2D eigenvalue weighted by atomic mass is 19.1. The molecule has 2 aromatic rings. The fraction of sp³-hybridized carbons (Fsp3) is 0.211. The topological polar surface area (TPSA) is 75.7 Å². The van der Waals surface area contributed by atoms with Crippen LogP contribution in [-0.4, -0.2) is 42.9 Å². The van der Waals surface area contributed by atoms with Crippen LogP contribution in [0.3, 0.4) is 0 Å². The van der Waals surface area contributed by atoms with Crippen LogP contribution >= 0.6 is 0 Å². The van der Waals surface area contributed by atoms with Crippen molar-refractivity contribution in [3.8, 4) is 0 Å². The van der Waals surface area contributed by atoms with Crippen LogP contribution in [0, 0.1) is 18.6 Å². The Kier molecular flexibility index (Phi) is 6.59. The van der Waals surface area contributed by atoms with E-state index in [0.29, 0.717) is 11.8 Å². The van der Waals surface area contributed by atoms with Crippen LogP contribution in [-0.2, 0) is 14.3 Å². The molecule has 27 heavy (non-hydrogen) atoms. The summed E-state index contributed by atoms with van der Waals surface area (Å²) in [5, 5.41) is 2.63. The molecule has 0 unspecified atom stereocenters. The highest BCUT2D eigenvalue weighted by Gasteiger charge is 2.17. The predicted octanol–water partition coefficient (Wildman–Crippen LogP) is 2.53. The number of anilines is 1. The third-order valence-corrected chi connectivity index (χ3v) is 3.57. The van der Waals surface area contributed by atoms with Gasteiger partial charge >= 0.3 is 5.97 Å². The summed E-state index contributed by atoms with van der Waals surface area (Å²) in [4.78, 5) is 36.8. The average Bonchev–Trinajstić information content (AvgIpc) is 2.60. The lowest BCUT2D eigenvalue weighted by Gasteiger charge is -2.17. The largest absolute Gasteiger partial charge is 0.452 e. The molecule has 0 radical (unpaired) electrons. The third-order valence-electron chi connectivity index (χ3n) is 3.57. The van der Waals surface area contributed by atoms with E-state index in [1.54, 1.807) is 12.1 Å². The molecule has 0 bridgehead atoms. The lowest BCUT2D eigenvalue weighted by atomic mass is 10.2. The lowest BCUT2D eigenvalue weighted by molar-refractivity contribution is -0.136. The van der Waals surface area contributed by atoms with Gasteiger partial charge in [0.25, 0.3) is 5.91 Å². The van der Waals surface area contributed by atoms with Gasteiger partial charge in [-0.3, -0.25) is 9.59 Å². The van der Waals surface area contributed by atoms with E-state index in [-0.39, 0.29) is 12.1 Å². The first-order valence-electron chi connectivity index (χ1n) is 7.98. The predicted molar refractivity (Wildman–Crippen MR) is 94.1 cm³/mol. The number of esters is 1. The molecule has 0 aliphatic carbocycles. The molecule has 0 saturated heterocycles. The highest BCUT2D eigenvalue weighted by molar-refractivity contribution is 5.95. The molecule has 0 heterocycles. The summed E-state index contributed by atoms with van der Waals surface area (Å²) in [6, 6.07) is 9.34. The van der Waals surface area contributed by atoms with Crippen LogP contribution in [0.2, 0.25) is 0 Å². The van der Waals surface area contributed by atoms with E-state index in [1.165, 1.54) is 7.05 Å². The molecule has 2 amide bonds. The number of amides is 2. The monoisotopic (exact) mass is 376 g/mol. The van der Waals surface area contributed by atoms with E-state index in [9.17, 15) is 23.2 Å². The van der Waals surface area contributed by atoms with E-state index >= 15 is 0 Å². The Morgan fingerprint density at radius 2 is 1.63 bits per heavy atom. The number of rotatable bonds is 6. The summed E-state index contributed by atoms with van der Waals surface area (Å²) in [5.74, 6) is -3.97. The first-order chi connectivity index (χ1) is 12.7. The van der Waals surface area contributed by atoms with Crippen LogP contribution in [0.25, 0.3) is 0 Å². The minimum absolute atomic E-state index is 0.251. The van der Waals surface area contributed by atoms with E-state index in [4.69, 9.17) is 4.74 Å². The van der Waals surface area contributed by atoms with Crippen molar-refractivity contribution in [2.24, 2.45) is 0 Å². The number of ether oxygens (including phenoxy) is 1. The average molecular weight is 376 g/mol. The van der Waals surface area contributed by atoms with Crippen molar-refractivity contribution in [3.63, 3.8) is 0 Å². The van der Waals surface area contributed by atoms with Gasteiger partial charge in [-0.2, -0.15) is 0 Å². The number of hydrogen-bond acceptors (Lipinski definition) is 4. The number of aryl methyl sites for hydroxylation is 1. The lowest BCUT2D eigenvalue weighted by Crippen LogP contribution is -2.37. The summed E-state index contributed by atoms with van der Waals surface area (Å²) < 4.78 is 30.9. The molecule has 8 heteroatoms. The summed E-state index contributed by atoms with van der Waals surface area (Å²) in [5.41, 5.74) is 1.28. The zero-order valence-electron chi connectivity index (χ0n) is 14.8. The molecule has 0 aromatic heterocycles. The molecule has 0 saturated carbocycles. The molecular weight excluding hydrogens is 358 g/mol. The molecule has 142 valence electrons. The molecule has 0 spiro atoms. The zero-order valence-corrected chi connectivity index (χ0v) is 14.8. The standard InChI is InChI=1S/C19H18F2N2O4/c1-12-3-5-16(6-4-12)22-17(24)10-23(2)18(25)11-27-19(26)13-7-14(20)9-15(21)8-13/h3-9H,10-11H2,1-2H3,(H,22,24). The van der Waals surface area contributed by atoms with Gasteiger partial charge in [-0.25, -0.2) is 13.6 Å². The number of nitrogens with one attached hydrogen (secondary N) is 1. The smallest absolute Gasteiger partial charge is 0.338 e. The van der Waals surface area contributed by atoms with E-state index in [0.717, 1.165) is 22.6 Å². The number of nitrogens with zero attached hydrogens (tertiary/aromatic N) is 1. The Hall–Kier alpha value is -3.29. The van der Waals surface area contributed by atoms with Crippen LogP contribution in [0.4, 0.5) is 14.5 Å². The molecular formula is C19H18F2N2O4. The van der Waals surface area contributed by atoms with Gasteiger partial charge in [0, 0.05) is 18.8 Å². The fourth-order valence-electron chi connectivity index (χ4n) is 2.13. The maximum atomic E-state index is 13.1. The summed E-state index contributed by atoms with van der Waals surface area (Å²) >= 11 is 0. The van der Waals surface area contributed by atoms with Gasteiger partial charge < -0.3 is 15.0 Å². The van der Waals surface area contributed by atoms with Crippen molar-refractivity contribution in [1.82, 2.24) is 4.90 Å². The number of carbonyl (C=O) groups excluding carboxylic acids is 3. The minimum Gasteiger partial charge on any atom is -0.452 e. The normalized spacial score (nSPS) is 10.2. The highest BCUT2D eigenvalue weighted by Crippen LogP contribution is 2.10. The van der Waals surface area contributed by atoms with E-state index in [2.05, 4.69) is 5.32 Å². The molecule has 6 nitrogen and oxygen atoms in total. The molecule has 0 atom stereocenters. The number of hydrogen-bond donors (Lipinski definition) is 1. The quantitative estimate of drug-likeness (QED) is 0.786. The number of benzene rings is 2. The first-order valence-corrected chi connectivity index (χ1v) is 7.98. The maximum Gasteiger partial charge on any atom is 0.338 e. The molecule has 0 aliphatic heterocycles. The van der Waals surface area contributed by atoms with Gasteiger partial charge in [0.05, 0.1) is 12.1 Å². The molecule has 2 aromatic carbocycles. The van der Waals surface area contributed by atoms with Gasteiger partial charge in [-0.15, -0.1) is 0 Å². The second-order valence-electron chi connectivity index (χ2n) is 5.90. The van der Waals surface area contributed by atoms with Crippen molar-refractivity contribution in [3.05, 3.63) is 65.2 Å². The van der Waals surface area contributed by atoms with Crippen molar-refractivity contribution in [2.45, 2.75) is 6.92 Å². The number of halogens is 2. The van der Waals surface area contributed by atoms with Crippen molar-refractivity contribution >= 4 is 23.5 Å². The number of carbonyl (C=O) groups is 3. The SMILES string of the molecule is Cc1ccc(NC(=O)CN(C)C(=O)COC(=O)c2cc(F)cc(F)c2)cc1. The van der Waals surface area contributed by atoms with Gasteiger partial charge in [-0.05, 0) is 31.2 Å². The van der Waals surface area contributed by atoms with Crippen LogP contribution < -0.4 is 5.32 Å². The van der Waals surface area contributed by atoms with Crippen molar-refractivity contribution < 1.29 is 27.9 Å². The zero-order chi connectivity index (χ0) is 20.0. The van der Waals surface area contributed by atoms with Gasteiger partial charge in [0.2, 0.25) is 5.91 Å². The minimum atomic E-state index is -1.04. The fourth-order valence-corrected chi connectivity index (χ4v) is 2.13. The summed E-state index contributed by atoms with van der Waals surface area (Å²) in [7, 11) is 1.37. The molecule has 2 rings (SSSR count). The van der Waals surface area contributed by atoms with Crippen molar-refractivity contribution in [2.75, 3.05) is 25.5 Å². The molecule has 0 fully saturated rings. The van der Waals surface area contributed by atoms with Crippen LogP contribution in [0.1, 0.15) is 15.9 Å². The van der Waals surface area contributed by atoms with E-state index < -0.39 is 36.0 Å². The maximum absolute atomic E-state index is 13.1. The Labute approximate surface area is 154 Å². The second kappa shape index (κ2) is 8.88. The van der Waals surface area contributed by atoms with Gasteiger partial charge in [-0.1, -0.05) is 17.7 Å². The first kappa shape index (κ1) is 20.0. The summed E-state index contributed by atoms with van der Waals surface area (Å²) in [6.45, 7) is 1.00.